The molecule has 10 heteroatoms. The normalized spacial score (nSPS) is 13.0. The highest BCUT2D eigenvalue weighted by Crippen LogP contribution is 2.52. The molecule has 0 amide bonds. The van der Waals surface area contributed by atoms with Crippen molar-refractivity contribution in [1.82, 2.24) is 0 Å². The Hall–Kier alpha value is -2.88. The summed E-state index contributed by atoms with van der Waals surface area (Å²) in [6.45, 7) is -0.0348. The van der Waals surface area contributed by atoms with Gasteiger partial charge in [-0.3, -0.25) is 0 Å². The van der Waals surface area contributed by atoms with E-state index in [0.717, 1.165) is 12.1 Å². The molecule has 0 aliphatic carbocycles. The third-order valence-electron chi connectivity index (χ3n) is 3.47. The second-order valence-electron chi connectivity index (χ2n) is 4.96. The smallest absolute Gasteiger partial charge is 0.420 e. The van der Waals surface area contributed by atoms with Crippen LogP contribution in [0.4, 0.5) is 17.6 Å². The average Bonchev–Trinajstić information content (AvgIpc) is 2.61. The molecule has 26 heavy (non-hydrogen) atoms. The number of benzene rings is 2. The summed E-state index contributed by atoms with van der Waals surface area (Å²) in [7, 11) is 1.50. The largest absolute Gasteiger partial charge is 0.504 e. The van der Waals surface area contributed by atoms with Gasteiger partial charge in [0.15, 0.2) is 28.8 Å². The highest BCUT2D eigenvalue weighted by Gasteiger charge is 2.40. The minimum Gasteiger partial charge on any atom is -0.504 e. The number of rotatable bonds is 1. The minimum absolute atomic E-state index is 0.0174. The van der Waals surface area contributed by atoms with E-state index >= 15 is 0 Å². The van der Waals surface area contributed by atoms with Gasteiger partial charge in [-0.25, -0.2) is 4.39 Å². The Morgan fingerprint density at radius 2 is 1.50 bits per heavy atom. The molecular formula is C16H15F4NO5. The topological polar surface area (TPSA) is 105 Å². The van der Waals surface area contributed by atoms with Crippen molar-refractivity contribution in [2.75, 3.05) is 20.3 Å². The summed E-state index contributed by atoms with van der Waals surface area (Å²) < 4.78 is 64.1. The summed E-state index contributed by atoms with van der Waals surface area (Å²) in [6.07, 6.45) is -5.03. The zero-order valence-electron chi connectivity index (χ0n) is 13.4. The molecule has 0 radical (unpaired) electrons. The lowest BCUT2D eigenvalue weighted by atomic mass is 9.96. The number of nitrogens with two attached hydrogens (primary N) is 1. The molecule has 0 aromatic heterocycles. The van der Waals surface area contributed by atoms with Gasteiger partial charge in [0.2, 0.25) is 5.75 Å². The number of ether oxygens (including phenoxy) is 2. The van der Waals surface area contributed by atoms with Crippen molar-refractivity contribution in [2.45, 2.75) is 6.18 Å². The van der Waals surface area contributed by atoms with Crippen LogP contribution in [0.2, 0.25) is 0 Å². The van der Waals surface area contributed by atoms with Crippen molar-refractivity contribution in [2.24, 2.45) is 5.73 Å². The molecule has 0 unspecified atom stereocenters. The van der Waals surface area contributed by atoms with Crippen LogP contribution in [0, 0.1) is 5.82 Å². The zero-order valence-corrected chi connectivity index (χ0v) is 13.4. The van der Waals surface area contributed by atoms with Crippen LogP contribution in [0.1, 0.15) is 5.56 Å². The lowest BCUT2D eigenvalue weighted by molar-refractivity contribution is -0.138. The summed E-state index contributed by atoms with van der Waals surface area (Å²) in [6, 6.07) is 2.34. The van der Waals surface area contributed by atoms with Gasteiger partial charge < -0.3 is 30.5 Å². The molecule has 0 fully saturated rings. The molecular weight excluding hydrogens is 362 g/mol. The van der Waals surface area contributed by atoms with E-state index in [-0.39, 0.29) is 24.5 Å². The van der Waals surface area contributed by atoms with Crippen LogP contribution < -0.4 is 15.2 Å². The Balaban J connectivity index is 0.00000117. The van der Waals surface area contributed by atoms with Crippen LogP contribution in [0.25, 0.3) is 11.1 Å². The second kappa shape index (κ2) is 7.16. The summed E-state index contributed by atoms with van der Waals surface area (Å²) >= 11 is 0. The van der Waals surface area contributed by atoms with Gasteiger partial charge in [0.05, 0.1) is 0 Å². The molecule has 0 saturated heterocycles. The Labute approximate surface area is 145 Å². The quantitative estimate of drug-likeness (QED) is 0.450. The first-order valence-corrected chi connectivity index (χ1v) is 7.23. The molecule has 6 nitrogen and oxygen atoms in total. The van der Waals surface area contributed by atoms with E-state index < -0.39 is 46.1 Å². The molecule has 0 saturated carbocycles. The van der Waals surface area contributed by atoms with E-state index in [1.54, 1.807) is 0 Å². The second-order valence-corrected chi connectivity index (χ2v) is 4.96. The first-order valence-electron chi connectivity index (χ1n) is 7.23. The van der Waals surface area contributed by atoms with Gasteiger partial charge in [-0.1, -0.05) is 0 Å². The van der Waals surface area contributed by atoms with Gasteiger partial charge in [-0.05, 0) is 25.2 Å². The lowest BCUT2D eigenvalue weighted by Gasteiger charge is -2.24. The molecule has 142 valence electrons. The first-order chi connectivity index (χ1) is 12.2. The highest BCUT2D eigenvalue weighted by molar-refractivity contribution is 5.81. The average molecular weight is 377 g/mol. The molecule has 0 atom stereocenters. The molecule has 1 heterocycles. The van der Waals surface area contributed by atoms with Gasteiger partial charge in [0.1, 0.15) is 18.8 Å². The number of aromatic hydroxyl groups is 3. The summed E-state index contributed by atoms with van der Waals surface area (Å²) in [5.41, 5.74) is 1.95. The van der Waals surface area contributed by atoms with Crippen molar-refractivity contribution in [3.8, 4) is 39.9 Å². The van der Waals surface area contributed by atoms with E-state index in [2.05, 4.69) is 5.73 Å². The highest BCUT2D eigenvalue weighted by atomic mass is 19.4. The van der Waals surface area contributed by atoms with Gasteiger partial charge >= 0.3 is 6.18 Å². The van der Waals surface area contributed by atoms with E-state index in [0.29, 0.717) is 6.07 Å². The van der Waals surface area contributed by atoms with Gasteiger partial charge in [0.25, 0.3) is 0 Å². The fourth-order valence-corrected chi connectivity index (χ4v) is 2.46. The molecule has 2 aromatic rings. The number of fused-ring (bicyclic) bond motifs is 1. The third kappa shape index (κ3) is 3.27. The molecule has 1 aliphatic heterocycles. The Bertz CT molecular complexity index is 824. The molecule has 0 bridgehead atoms. The molecule has 1 aliphatic rings. The van der Waals surface area contributed by atoms with Crippen molar-refractivity contribution >= 4 is 0 Å². The predicted octanol–water partition coefficient (Wildman–Crippen LogP) is 2.97. The van der Waals surface area contributed by atoms with Crippen LogP contribution >= 0.6 is 0 Å². The first kappa shape index (κ1) is 19.4. The summed E-state index contributed by atoms with van der Waals surface area (Å²) in [4.78, 5) is 0. The number of hydrogen-bond donors (Lipinski definition) is 4. The van der Waals surface area contributed by atoms with E-state index in [9.17, 15) is 32.9 Å². The molecule has 3 rings (SSSR count). The van der Waals surface area contributed by atoms with Crippen LogP contribution in [-0.2, 0) is 6.18 Å². The predicted molar refractivity (Wildman–Crippen MR) is 82.9 cm³/mol. The third-order valence-corrected chi connectivity index (χ3v) is 3.47. The molecule has 0 spiro atoms. The number of phenols is 3. The molecule has 2 aromatic carbocycles. The van der Waals surface area contributed by atoms with Crippen LogP contribution in [-0.4, -0.2) is 35.6 Å². The number of halogens is 4. The van der Waals surface area contributed by atoms with Gasteiger partial charge in [0, 0.05) is 11.1 Å². The van der Waals surface area contributed by atoms with Gasteiger partial charge in [-0.15, -0.1) is 0 Å². The van der Waals surface area contributed by atoms with Crippen molar-refractivity contribution < 1.29 is 42.4 Å². The lowest BCUT2D eigenvalue weighted by Crippen LogP contribution is -2.17. The van der Waals surface area contributed by atoms with E-state index in [1.165, 1.54) is 7.05 Å². The maximum absolute atomic E-state index is 13.9. The van der Waals surface area contributed by atoms with Crippen LogP contribution in [0.5, 0.6) is 28.7 Å². The van der Waals surface area contributed by atoms with Crippen LogP contribution in [0.15, 0.2) is 18.2 Å². The maximum Gasteiger partial charge on any atom is 0.420 e. The Kier molecular flexibility index (Phi) is 5.36. The summed E-state index contributed by atoms with van der Waals surface area (Å²) in [5, 5.41) is 28.6. The monoisotopic (exact) mass is 377 g/mol. The fraction of sp³-hybridized carbons (Fsp3) is 0.250. The Morgan fingerprint density at radius 1 is 0.923 bits per heavy atom. The molecule has 5 N–H and O–H groups in total. The van der Waals surface area contributed by atoms with Crippen molar-refractivity contribution in [3.05, 3.63) is 29.6 Å². The van der Waals surface area contributed by atoms with E-state index in [1.807, 2.05) is 0 Å². The SMILES string of the molecule is CN.Oc1ccc(-c2cc(F)c(O)c3c2OCCO3)c(C(F)(F)F)c1O. The fourth-order valence-electron chi connectivity index (χ4n) is 2.46. The number of phenolic OH excluding ortho intramolecular Hbond substituents is 3. The van der Waals surface area contributed by atoms with Crippen molar-refractivity contribution in [1.29, 1.82) is 0 Å². The standard InChI is InChI=1S/C15H10F4O5.CH5N/c16-8-5-7(13-14(11(8)21)24-4-3-23-13)6-1-2-9(20)12(22)10(6)15(17,18)19;1-2/h1-2,5,20-22H,3-4H2;2H2,1H3. The number of alkyl halides is 3. The maximum atomic E-state index is 13.9. The number of hydrogen-bond acceptors (Lipinski definition) is 6. The Morgan fingerprint density at radius 3 is 2.08 bits per heavy atom. The minimum atomic E-state index is -5.03. The van der Waals surface area contributed by atoms with Gasteiger partial charge in [-0.2, -0.15) is 13.2 Å². The van der Waals surface area contributed by atoms with Crippen LogP contribution in [0.3, 0.4) is 0 Å². The summed E-state index contributed by atoms with van der Waals surface area (Å²) in [5.74, 6) is -5.16. The van der Waals surface area contributed by atoms with Crippen molar-refractivity contribution in [3.63, 3.8) is 0 Å². The zero-order chi connectivity index (χ0) is 19.6. The van der Waals surface area contributed by atoms with E-state index in [4.69, 9.17) is 9.47 Å².